The molecular weight excluding hydrogens is 1410 g/mol. The number of rotatable bonds is 34. The number of nitrogen functional groups attached to an aromatic ring is 5. The zero-order valence-electron chi connectivity index (χ0n) is 61.9. The summed E-state index contributed by atoms with van der Waals surface area (Å²) in [5.74, 6) is 1.84. The Kier molecular flexibility index (Phi) is 34.7. The summed E-state index contributed by atoms with van der Waals surface area (Å²) in [5.41, 5.74) is 33.3. The molecule has 30 nitrogen and oxygen atoms in total. The molecule has 0 bridgehead atoms. The largest absolute Gasteiger partial charge is 0.396 e. The van der Waals surface area contributed by atoms with Gasteiger partial charge in [0, 0.05) is 61.8 Å². The first-order valence-electron chi connectivity index (χ1n) is 36.0. The van der Waals surface area contributed by atoms with Crippen molar-refractivity contribution in [1.82, 2.24) is 74.8 Å². The first kappa shape index (κ1) is 86.5. The number of carbonyl (C=O) groups excluding carboxylic acids is 1. The number of fused-ring (bicyclic) bond motifs is 5. The number of aliphatic hydroxyl groups excluding tert-OH is 4. The van der Waals surface area contributed by atoms with Gasteiger partial charge in [0.2, 0.25) is 29.7 Å². The molecule has 10 heterocycles. The van der Waals surface area contributed by atoms with Gasteiger partial charge in [0.15, 0.2) is 29.1 Å². The zero-order valence-corrected chi connectivity index (χ0v) is 61.9. The molecule has 7 atom stereocenters. The third kappa shape index (κ3) is 28.0. The third-order valence-electron chi connectivity index (χ3n) is 16.9. The molecule has 586 valence electrons. The number of unbranched alkanes of at least 4 members (excludes halogenated alkanes) is 4. The molecule has 0 saturated carbocycles. The molecule has 19 N–H and O–H groups in total. The Balaban J connectivity index is 0.000000211. The summed E-state index contributed by atoms with van der Waals surface area (Å²) in [4.78, 5) is 73.2. The number of nitrogens with one attached hydrogen (secondary N) is 5. The fraction of sp³-hybridized carbons (Fsp3) is 0.500. The number of nitrogens with two attached hydrogens (primary N) is 5. The number of aromatic nitrogens is 15. The van der Waals surface area contributed by atoms with E-state index in [1.54, 1.807) is 44.6 Å². The van der Waals surface area contributed by atoms with Crippen molar-refractivity contribution < 1.29 is 51.6 Å². The summed E-state index contributed by atoms with van der Waals surface area (Å²) in [6, 6.07) is 12.2. The molecule has 10 aromatic rings. The van der Waals surface area contributed by atoms with Crippen molar-refractivity contribution in [3.63, 3.8) is 0 Å². The van der Waals surface area contributed by atoms with E-state index >= 15 is 0 Å². The Morgan fingerprint density at radius 1 is 0.491 bits per heavy atom. The Morgan fingerprint density at radius 2 is 0.880 bits per heavy atom. The Bertz CT molecular complexity index is 4420. The van der Waals surface area contributed by atoms with E-state index in [0.717, 1.165) is 88.5 Å². The van der Waals surface area contributed by atoms with E-state index in [1.807, 2.05) is 31.2 Å². The van der Waals surface area contributed by atoms with Crippen LogP contribution in [0.25, 0.3) is 55.2 Å². The van der Waals surface area contributed by atoms with E-state index in [4.69, 9.17) is 33.8 Å². The van der Waals surface area contributed by atoms with Gasteiger partial charge in [-0.15, -0.1) is 0 Å². The van der Waals surface area contributed by atoms with Crippen LogP contribution in [-0.2, 0) is 4.79 Å². The van der Waals surface area contributed by atoms with Crippen molar-refractivity contribution in [2.45, 2.75) is 212 Å². The Hall–Kier alpha value is -10.5. The van der Waals surface area contributed by atoms with Crippen molar-refractivity contribution in [2.24, 2.45) is 0 Å². The molecular formula is C72H101F6N25O5. The van der Waals surface area contributed by atoms with Crippen LogP contribution in [0.15, 0.2) is 79.5 Å². The maximum atomic E-state index is 13.4. The topological polar surface area (TPSA) is 482 Å². The number of anilines is 10. The van der Waals surface area contributed by atoms with Gasteiger partial charge >= 0.3 is 6.18 Å². The second-order valence-electron chi connectivity index (χ2n) is 26.1. The van der Waals surface area contributed by atoms with Gasteiger partial charge in [-0.05, 0) is 109 Å². The molecule has 10 aromatic heterocycles. The standard InChI is InChI=1S/C17H24FN5O.C14H19F2N5O.2C14H21N5O.C13H16F3N5O/c1-4-5-7-17(3,8-6-11(2)24)23-15-14-13(21-16(19)22-15)9-12(18)10-20-14;1-2-3-4-9(11(22)6-15)19-13-12-10(20-14(17)21-13)5-8(16)7-18-12;1-3-4-6-10(9(2)20)17-13-12-11(7-5-8-16-12)18-14(15)19-13;1-2-3-5-10(7-9-20)17-13-12-11(6-4-8-16-12)18-14(15)19-13;14-13(15,16)5-1-3-8(7-22)19-11-10-9(4-2-6-18-10)20-12(17)21-11/h9-10H,4-8H2,1-3H3,(H3,19,21,22,23);5,7,9,11,22H,2-4,6H2,1H3,(H3,17,19,20,21);5,7-10,20H,3-4,6H2,1-2H3,(H3,15,17,18,19);4,6,8,10,20H,2-3,5,7,9H2,1H3,(H3,15,17,18,19);2,4,6,8,22H,1,3,5,7H2,(H3,17,19,20,21)/t17-;9-,11?;;10-;8-/m01.11/s1. The first-order chi connectivity index (χ1) is 51.6. The van der Waals surface area contributed by atoms with Gasteiger partial charge in [-0.3, -0.25) is 15.0 Å². The Labute approximate surface area is 622 Å². The number of hydrogen-bond acceptors (Lipinski definition) is 30. The zero-order chi connectivity index (χ0) is 78.9. The van der Waals surface area contributed by atoms with Crippen LogP contribution in [0, 0.1) is 11.6 Å². The summed E-state index contributed by atoms with van der Waals surface area (Å²) in [6.45, 7) is 12.8. The monoisotopic (exact) mass is 1510 g/mol. The highest BCUT2D eigenvalue weighted by Crippen LogP contribution is 2.31. The van der Waals surface area contributed by atoms with Gasteiger partial charge in [-0.25, -0.2) is 48.1 Å². The van der Waals surface area contributed by atoms with Crippen LogP contribution >= 0.6 is 0 Å². The number of aliphatic hydroxyl groups is 4. The molecule has 0 amide bonds. The van der Waals surface area contributed by atoms with Crippen molar-refractivity contribution in [2.75, 3.05) is 75.1 Å². The lowest BCUT2D eigenvalue weighted by atomic mass is 9.89. The van der Waals surface area contributed by atoms with Crippen LogP contribution in [0.1, 0.15) is 164 Å². The second-order valence-corrected chi connectivity index (χ2v) is 26.1. The molecule has 0 aliphatic heterocycles. The van der Waals surface area contributed by atoms with Crippen LogP contribution in [0.5, 0.6) is 0 Å². The van der Waals surface area contributed by atoms with Crippen LogP contribution in [0.3, 0.4) is 0 Å². The summed E-state index contributed by atoms with van der Waals surface area (Å²) in [7, 11) is 0. The van der Waals surface area contributed by atoms with Gasteiger partial charge in [-0.1, -0.05) is 79.1 Å². The fourth-order valence-corrected chi connectivity index (χ4v) is 11.2. The predicted octanol–water partition coefficient (Wildman–Crippen LogP) is 11.6. The minimum atomic E-state index is -4.20. The molecule has 108 heavy (non-hydrogen) atoms. The van der Waals surface area contributed by atoms with Crippen LogP contribution < -0.4 is 55.3 Å². The molecule has 0 spiro atoms. The second kappa shape index (κ2) is 43.4. The van der Waals surface area contributed by atoms with Crippen LogP contribution in [0.2, 0.25) is 0 Å². The van der Waals surface area contributed by atoms with Gasteiger partial charge < -0.3 is 80.5 Å². The van der Waals surface area contributed by atoms with Gasteiger partial charge in [0.1, 0.15) is 57.8 Å². The van der Waals surface area contributed by atoms with E-state index in [0.29, 0.717) is 93.1 Å². The summed E-state index contributed by atoms with van der Waals surface area (Å²) in [5, 5.41) is 54.0. The molecule has 0 saturated heterocycles. The van der Waals surface area contributed by atoms with E-state index < -0.39 is 55.2 Å². The van der Waals surface area contributed by atoms with Crippen LogP contribution in [0.4, 0.5) is 85.2 Å². The molecule has 10 rings (SSSR count). The highest BCUT2D eigenvalue weighted by atomic mass is 19.4. The van der Waals surface area contributed by atoms with E-state index in [2.05, 4.69) is 129 Å². The minimum absolute atomic E-state index is 0.0231. The average Bonchev–Trinajstić information content (AvgIpc) is 0.854. The summed E-state index contributed by atoms with van der Waals surface area (Å²) < 4.78 is 75.9. The number of halogens is 6. The summed E-state index contributed by atoms with van der Waals surface area (Å²) in [6.07, 6.45) is 13.7. The van der Waals surface area contributed by atoms with E-state index in [9.17, 15) is 46.5 Å². The number of alkyl halides is 4. The third-order valence-corrected chi connectivity index (χ3v) is 16.9. The average molecular weight is 1510 g/mol. The Morgan fingerprint density at radius 3 is 1.30 bits per heavy atom. The maximum absolute atomic E-state index is 13.4. The summed E-state index contributed by atoms with van der Waals surface area (Å²) >= 11 is 0. The van der Waals surface area contributed by atoms with Crippen molar-refractivity contribution in [3.05, 3.63) is 91.1 Å². The highest BCUT2D eigenvalue weighted by molar-refractivity contribution is 5.89. The maximum Gasteiger partial charge on any atom is 0.389 e. The number of carbonyl (C=O) groups is 1. The van der Waals surface area contributed by atoms with Gasteiger partial charge in [0.25, 0.3) is 0 Å². The lowest BCUT2D eigenvalue weighted by molar-refractivity contribution is -0.135. The SMILES string of the molecule is CCCCC(Nc1nc(N)nc2cccnc12)C(C)O.CCCC[C@@H](Nc1nc(N)nc2cc(F)cnc12)C(O)CF.CCCC[C@@](C)(CCC(C)=O)Nc1nc(N)nc2cc(F)cnc12.CCCC[C@H](CCO)Nc1nc(N)nc2cccnc12.Nc1nc(N[C@@H](CO)CCCC(F)(F)F)c2ncccc2n1. The van der Waals surface area contributed by atoms with E-state index in [1.165, 1.54) is 12.1 Å². The lowest BCUT2D eigenvalue weighted by Gasteiger charge is -2.31. The normalized spacial score (nSPS) is 13.5. The molecule has 3 unspecified atom stereocenters. The fourth-order valence-electron chi connectivity index (χ4n) is 11.2. The van der Waals surface area contributed by atoms with Crippen molar-refractivity contribution >= 4 is 120 Å². The van der Waals surface area contributed by atoms with Gasteiger partial charge in [0.05, 0.1) is 70.8 Å². The lowest BCUT2D eigenvalue weighted by Crippen LogP contribution is -2.36. The molecule has 0 fully saturated rings. The molecule has 0 aromatic carbocycles. The van der Waals surface area contributed by atoms with Crippen molar-refractivity contribution in [3.8, 4) is 0 Å². The number of Topliss-reactive ketones (excluding diaryl/α,β-unsaturated/α-hetero) is 1. The predicted molar refractivity (Wildman–Crippen MR) is 411 cm³/mol. The quantitative estimate of drug-likeness (QED) is 0.0167. The number of ketones is 1. The number of hydrogen-bond donors (Lipinski definition) is 14. The number of nitrogens with zero attached hydrogens (tertiary/aromatic N) is 15. The van der Waals surface area contributed by atoms with Gasteiger partial charge in [-0.2, -0.15) is 38.1 Å². The molecule has 0 radical (unpaired) electrons. The first-order valence-corrected chi connectivity index (χ1v) is 36.0. The molecule has 36 heteroatoms. The van der Waals surface area contributed by atoms with E-state index in [-0.39, 0.29) is 90.5 Å². The van der Waals surface area contributed by atoms with Crippen LogP contribution in [-0.4, -0.2) is 169 Å². The molecule has 0 aliphatic rings. The highest BCUT2D eigenvalue weighted by Gasteiger charge is 2.29. The smallest absolute Gasteiger partial charge is 0.389 e. The number of pyridine rings is 5. The molecule has 0 aliphatic carbocycles. The van der Waals surface area contributed by atoms with Crippen molar-refractivity contribution in [1.29, 1.82) is 0 Å². The minimum Gasteiger partial charge on any atom is -0.396 e.